The summed E-state index contributed by atoms with van der Waals surface area (Å²) in [6, 6.07) is 43.8. The van der Waals surface area contributed by atoms with Crippen molar-refractivity contribution in [2.75, 3.05) is 9.80 Å². The zero-order chi connectivity index (χ0) is 42.0. The van der Waals surface area contributed by atoms with Gasteiger partial charge in [0.1, 0.15) is 0 Å². The van der Waals surface area contributed by atoms with Crippen molar-refractivity contribution in [2.45, 2.75) is 144 Å². The Hall–Kier alpha value is -5.08. The van der Waals surface area contributed by atoms with E-state index in [9.17, 15) is 0 Å². The van der Waals surface area contributed by atoms with E-state index in [1.165, 1.54) is 133 Å². The van der Waals surface area contributed by atoms with Gasteiger partial charge in [0, 0.05) is 39.5 Å². The number of anilines is 6. The van der Waals surface area contributed by atoms with Crippen LogP contribution in [-0.2, 0) is 56.8 Å². The first-order valence-electron chi connectivity index (χ1n) is 23.7. The molecule has 1 fully saturated rings. The molecule has 2 aliphatic carbocycles. The highest BCUT2D eigenvalue weighted by Gasteiger charge is 2.44. The molecule has 0 unspecified atom stereocenters. The van der Waals surface area contributed by atoms with Crippen molar-refractivity contribution >= 4 is 34.1 Å². The molecule has 0 bridgehead atoms. The molecule has 0 heterocycles. The van der Waals surface area contributed by atoms with E-state index in [0.717, 1.165) is 51.4 Å². The number of rotatable bonds is 14. The summed E-state index contributed by atoms with van der Waals surface area (Å²) < 4.78 is 0. The fourth-order valence-electron chi connectivity index (χ4n) is 11.0. The minimum atomic E-state index is -0.0190. The number of benzene rings is 6. The minimum Gasteiger partial charge on any atom is -0.310 e. The van der Waals surface area contributed by atoms with Crippen molar-refractivity contribution in [1.29, 1.82) is 0 Å². The van der Waals surface area contributed by atoms with E-state index in [0.29, 0.717) is 0 Å². The van der Waals surface area contributed by atoms with E-state index in [4.69, 9.17) is 0 Å². The summed E-state index contributed by atoms with van der Waals surface area (Å²) in [6.45, 7) is 18.3. The summed E-state index contributed by atoms with van der Waals surface area (Å²) in [4.78, 5) is 5.11. The predicted octanol–water partition coefficient (Wildman–Crippen LogP) is 16.4. The normalized spacial score (nSPS) is 14.0. The monoisotopic (exact) mass is 793 g/mol. The lowest BCUT2D eigenvalue weighted by molar-refractivity contribution is 0.353. The van der Waals surface area contributed by atoms with Crippen LogP contribution in [0.3, 0.4) is 0 Å². The van der Waals surface area contributed by atoms with Crippen LogP contribution in [0.2, 0.25) is 0 Å². The van der Waals surface area contributed by atoms with Crippen LogP contribution in [0.15, 0.2) is 109 Å². The maximum atomic E-state index is 2.60. The highest BCUT2D eigenvalue weighted by Crippen LogP contribution is 2.58. The van der Waals surface area contributed by atoms with Gasteiger partial charge < -0.3 is 9.80 Å². The summed E-state index contributed by atoms with van der Waals surface area (Å²) in [7, 11) is 0. The number of hydrogen-bond acceptors (Lipinski definition) is 2. The molecule has 0 N–H and O–H groups in total. The number of aryl methyl sites for hydroxylation is 8. The first-order chi connectivity index (χ1) is 29.3. The lowest BCUT2D eigenvalue weighted by Crippen LogP contribution is -2.28. The fraction of sp³-hybridized carbons (Fsp3) is 0.379. The van der Waals surface area contributed by atoms with Crippen LogP contribution in [-0.4, -0.2) is 0 Å². The Bertz CT molecular complexity index is 2200. The van der Waals surface area contributed by atoms with Crippen LogP contribution in [0.1, 0.15) is 143 Å². The van der Waals surface area contributed by atoms with Gasteiger partial charge in [-0.2, -0.15) is 0 Å². The molecule has 0 aromatic heterocycles. The van der Waals surface area contributed by atoms with Crippen LogP contribution in [0.5, 0.6) is 0 Å². The molecule has 6 aromatic carbocycles. The average molecular weight is 793 g/mol. The van der Waals surface area contributed by atoms with Gasteiger partial charge in [-0.1, -0.05) is 111 Å². The van der Waals surface area contributed by atoms with Crippen LogP contribution in [0.25, 0.3) is 11.1 Å². The van der Waals surface area contributed by atoms with Gasteiger partial charge in [0.15, 0.2) is 0 Å². The maximum Gasteiger partial charge on any atom is 0.0465 e. The quantitative estimate of drug-likeness (QED) is 0.108. The predicted molar refractivity (Wildman–Crippen MR) is 260 cm³/mol. The van der Waals surface area contributed by atoms with Crippen LogP contribution < -0.4 is 9.80 Å². The summed E-state index contributed by atoms with van der Waals surface area (Å²) in [5, 5.41) is 0. The summed E-state index contributed by atoms with van der Waals surface area (Å²) in [6.07, 6.45) is 14.6. The zero-order valence-electron chi connectivity index (χ0n) is 38.0. The molecular weight excluding hydrogens is 725 g/mol. The van der Waals surface area contributed by atoms with E-state index in [1.807, 2.05) is 0 Å². The van der Waals surface area contributed by atoms with E-state index < -0.39 is 0 Å². The standard InChI is InChI=1S/C58H68N2/c1-9-40-20-24-48(34-44(40)13-5)59(49-25-21-41(10-2)45(14-6)35-49)52-28-30-54-55-31-29-53(39-57(55)58(56(54)38-52)32-18-17-19-33-58)60(50-26-22-42(11-3)46(15-7)36-50)51-27-23-43(12-4)47(16-8)37-51/h20-31,34-39H,9-19,32-33H2,1-8H3. The Morgan fingerprint density at radius 1 is 0.317 bits per heavy atom. The molecule has 2 heteroatoms. The topological polar surface area (TPSA) is 6.48 Å². The lowest BCUT2D eigenvalue weighted by Gasteiger charge is -2.37. The van der Waals surface area contributed by atoms with Gasteiger partial charge in [-0.15, -0.1) is 0 Å². The number of nitrogens with zero attached hydrogens (tertiary/aromatic N) is 2. The van der Waals surface area contributed by atoms with Crippen molar-refractivity contribution in [1.82, 2.24) is 0 Å². The zero-order valence-corrected chi connectivity index (χ0v) is 38.0. The van der Waals surface area contributed by atoms with Gasteiger partial charge in [-0.05, 0) is 204 Å². The molecule has 0 radical (unpaired) electrons. The molecule has 0 atom stereocenters. The van der Waals surface area contributed by atoms with Crippen molar-refractivity contribution in [2.24, 2.45) is 0 Å². The third-order valence-corrected chi connectivity index (χ3v) is 14.4. The Kier molecular flexibility index (Phi) is 12.4. The number of fused-ring (bicyclic) bond motifs is 5. The van der Waals surface area contributed by atoms with Gasteiger partial charge in [0.2, 0.25) is 0 Å². The molecule has 2 aliphatic rings. The summed E-state index contributed by atoms with van der Waals surface area (Å²) in [5.74, 6) is 0. The summed E-state index contributed by atoms with van der Waals surface area (Å²) in [5.41, 5.74) is 25.0. The maximum absolute atomic E-state index is 2.60. The van der Waals surface area contributed by atoms with Gasteiger partial charge in [0.25, 0.3) is 0 Å². The number of hydrogen-bond donors (Lipinski definition) is 0. The molecule has 60 heavy (non-hydrogen) atoms. The largest absolute Gasteiger partial charge is 0.310 e. The van der Waals surface area contributed by atoms with Gasteiger partial charge >= 0.3 is 0 Å². The Morgan fingerprint density at radius 2 is 0.583 bits per heavy atom. The SMILES string of the molecule is CCc1ccc(N(c2ccc(CC)c(CC)c2)c2ccc3c(c2)C2(CCCCC2)c2cc(N(c4ccc(CC)c(CC)c4)c4ccc(CC)c(CC)c4)ccc2-3)cc1CC. The molecule has 0 saturated heterocycles. The van der Waals surface area contributed by atoms with Crippen molar-refractivity contribution in [3.63, 3.8) is 0 Å². The first kappa shape index (κ1) is 41.6. The third kappa shape index (κ3) is 7.39. The second-order valence-electron chi connectivity index (χ2n) is 17.4. The van der Waals surface area contributed by atoms with Crippen molar-refractivity contribution in [3.8, 4) is 11.1 Å². The smallest absolute Gasteiger partial charge is 0.0465 e. The van der Waals surface area contributed by atoms with Crippen LogP contribution in [0.4, 0.5) is 34.1 Å². The highest BCUT2D eigenvalue weighted by atomic mass is 15.1. The van der Waals surface area contributed by atoms with Gasteiger partial charge in [-0.25, -0.2) is 0 Å². The van der Waals surface area contributed by atoms with E-state index in [1.54, 1.807) is 0 Å². The highest BCUT2D eigenvalue weighted by molar-refractivity contribution is 5.89. The molecule has 0 aliphatic heterocycles. The van der Waals surface area contributed by atoms with E-state index in [2.05, 4.69) is 174 Å². The molecule has 1 saturated carbocycles. The molecular formula is C58H68N2. The molecule has 6 aromatic rings. The second kappa shape index (κ2) is 17.9. The third-order valence-electron chi connectivity index (χ3n) is 14.4. The summed E-state index contributed by atoms with van der Waals surface area (Å²) >= 11 is 0. The van der Waals surface area contributed by atoms with Crippen molar-refractivity contribution in [3.05, 3.63) is 165 Å². The Labute approximate surface area is 362 Å². The molecule has 310 valence electrons. The Morgan fingerprint density at radius 3 is 0.867 bits per heavy atom. The average Bonchev–Trinajstić information content (AvgIpc) is 3.55. The van der Waals surface area contributed by atoms with E-state index >= 15 is 0 Å². The van der Waals surface area contributed by atoms with Crippen LogP contribution in [0, 0.1) is 0 Å². The minimum absolute atomic E-state index is 0.0190. The second-order valence-corrected chi connectivity index (χ2v) is 17.4. The van der Waals surface area contributed by atoms with Gasteiger partial charge in [-0.3, -0.25) is 0 Å². The van der Waals surface area contributed by atoms with Crippen molar-refractivity contribution < 1.29 is 0 Å². The van der Waals surface area contributed by atoms with Gasteiger partial charge in [0.05, 0.1) is 0 Å². The first-order valence-corrected chi connectivity index (χ1v) is 23.7. The lowest BCUT2D eigenvalue weighted by atomic mass is 9.67. The van der Waals surface area contributed by atoms with E-state index in [-0.39, 0.29) is 5.41 Å². The molecule has 1 spiro atoms. The Balaban J connectivity index is 1.30. The molecule has 2 nitrogen and oxygen atoms in total. The van der Waals surface area contributed by atoms with Crippen LogP contribution >= 0.6 is 0 Å². The molecule has 0 amide bonds. The molecule has 8 rings (SSSR count). The fourth-order valence-corrected chi connectivity index (χ4v) is 11.0.